The van der Waals surface area contributed by atoms with E-state index in [4.69, 9.17) is 0 Å². The maximum atomic E-state index is 12.9. The van der Waals surface area contributed by atoms with Crippen LogP contribution in [0.15, 0.2) is 53.4 Å². The van der Waals surface area contributed by atoms with Crippen LogP contribution in [0.5, 0.6) is 0 Å². The van der Waals surface area contributed by atoms with Gasteiger partial charge in [0.2, 0.25) is 0 Å². The van der Waals surface area contributed by atoms with Crippen molar-refractivity contribution in [2.75, 3.05) is 10.8 Å². The Bertz CT molecular complexity index is 706. The minimum Gasteiger partial charge on any atom is -0.266 e. The van der Waals surface area contributed by atoms with E-state index in [9.17, 15) is 8.42 Å². The molecule has 0 amide bonds. The summed E-state index contributed by atoms with van der Waals surface area (Å²) in [5.74, 6) is 0. The largest absolute Gasteiger partial charge is 0.266 e. The number of aryl methyl sites for hydroxylation is 2. The Morgan fingerprint density at radius 1 is 0.952 bits per heavy atom. The number of hydrogen-bond acceptors (Lipinski definition) is 2. The molecule has 0 radical (unpaired) electrons. The summed E-state index contributed by atoms with van der Waals surface area (Å²) in [6.07, 6.45) is 0.802. The van der Waals surface area contributed by atoms with Gasteiger partial charge in [-0.3, -0.25) is 4.31 Å². The monoisotopic (exact) mass is 303 g/mol. The molecule has 0 atom stereocenters. The molecule has 0 heterocycles. The predicted octanol–water partition coefficient (Wildman–Crippen LogP) is 3.77. The Kier molecular flexibility index (Phi) is 4.68. The van der Waals surface area contributed by atoms with Gasteiger partial charge in [-0.05, 0) is 44.0 Å². The van der Waals surface area contributed by atoms with Gasteiger partial charge >= 0.3 is 0 Å². The summed E-state index contributed by atoms with van der Waals surface area (Å²) < 4.78 is 27.2. The van der Waals surface area contributed by atoms with Crippen molar-refractivity contribution in [1.82, 2.24) is 0 Å². The number of para-hydroxylation sites is 1. The second kappa shape index (κ2) is 6.31. The molecule has 0 N–H and O–H groups in total. The van der Waals surface area contributed by atoms with Crippen molar-refractivity contribution >= 4 is 15.7 Å². The van der Waals surface area contributed by atoms with Crippen LogP contribution in [-0.4, -0.2) is 15.0 Å². The molecule has 2 aromatic carbocycles. The number of benzene rings is 2. The summed E-state index contributed by atoms with van der Waals surface area (Å²) in [6, 6.07) is 14.6. The molecule has 2 rings (SSSR count). The van der Waals surface area contributed by atoms with Crippen LogP contribution in [0, 0.1) is 6.92 Å². The van der Waals surface area contributed by atoms with Crippen LogP contribution >= 0.6 is 0 Å². The molecular weight excluding hydrogens is 282 g/mol. The third-order valence-electron chi connectivity index (χ3n) is 3.54. The highest BCUT2D eigenvalue weighted by Gasteiger charge is 2.24. The SMILES string of the molecule is CCc1ccccc1N(CC)S(=O)(=O)c1ccc(C)cc1. The van der Waals surface area contributed by atoms with Gasteiger partial charge in [-0.25, -0.2) is 8.42 Å². The first-order valence-corrected chi connectivity index (χ1v) is 8.62. The Balaban J connectivity index is 2.52. The molecule has 2 aromatic rings. The molecule has 0 aromatic heterocycles. The van der Waals surface area contributed by atoms with E-state index in [0.717, 1.165) is 23.2 Å². The van der Waals surface area contributed by atoms with E-state index in [-0.39, 0.29) is 0 Å². The van der Waals surface area contributed by atoms with E-state index in [0.29, 0.717) is 11.4 Å². The Morgan fingerprint density at radius 3 is 2.14 bits per heavy atom. The van der Waals surface area contributed by atoms with Gasteiger partial charge in [-0.15, -0.1) is 0 Å². The first-order chi connectivity index (χ1) is 10.0. The van der Waals surface area contributed by atoms with E-state index >= 15 is 0 Å². The number of nitrogens with zero attached hydrogens (tertiary/aromatic N) is 1. The van der Waals surface area contributed by atoms with Crippen molar-refractivity contribution in [3.8, 4) is 0 Å². The summed E-state index contributed by atoms with van der Waals surface area (Å²) in [5.41, 5.74) is 2.85. The van der Waals surface area contributed by atoms with Crippen molar-refractivity contribution in [3.05, 3.63) is 59.7 Å². The first kappa shape index (κ1) is 15.6. The van der Waals surface area contributed by atoms with Gasteiger partial charge in [0.05, 0.1) is 10.6 Å². The van der Waals surface area contributed by atoms with Crippen LogP contribution in [-0.2, 0) is 16.4 Å². The Hall–Kier alpha value is -1.81. The number of sulfonamides is 1. The Morgan fingerprint density at radius 2 is 1.57 bits per heavy atom. The topological polar surface area (TPSA) is 37.4 Å². The van der Waals surface area contributed by atoms with Crippen LogP contribution in [0.3, 0.4) is 0 Å². The zero-order chi connectivity index (χ0) is 15.5. The van der Waals surface area contributed by atoms with Gasteiger partial charge in [0, 0.05) is 6.54 Å². The molecule has 0 unspecified atom stereocenters. The fraction of sp³-hybridized carbons (Fsp3) is 0.294. The zero-order valence-electron chi connectivity index (χ0n) is 12.7. The van der Waals surface area contributed by atoms with Gasteiger partial charge in [0.1, 0.15) is 0 Å². The van der Waals surface area contributed by atoms with Crippen molar-refractivity contribution in [2.45, 2.75) is 32.1 Å². The van der Waals surface area contributed by atoms with Gasteiger partial charge < -0.3 is 0 Å². The molecule has 0 aliphatic carbocycles. The quantitative estimate of drug-likeness (QED) is 0.843. The summed E-state index contributed by atoms with van der Waals surface area (Å²) in [4.78, 5) is 0.334. The fourth-order valence-electron chi connectivity index (χ4n) is 2.36. The third-order valence-corrected chi connectivity index (χ3v) is 5.44. The smallest absolute Gasteiger partial charge is 0.264 e. The van der Waals surface area contributed by atoms with E-state index < -0.39 is 10.0 Å². The van der Waals surface area contributed by atoms with Crippen LogP contribution in [0.25, 0.3) is 0 Å². The summed E-state index contributed by atoms with van der Waals surface area (Å²) in [5, 5.41) is 0. The highest BCUT2D eigenvalue weighted by molar-refractivity contribution is 7.92. The van der Waals surface area contributed by atoms with Crippen molar-refractivity contribution in [3.63, 3.8) is 0 Å². The lowest BCUT2D eigenvalue weighted by Crippen LogP contribution is -2.31. The van der Waals surface area contributed by atoms with Gasteiger partial charge in [0.25, 0.3) is 10.0 Å². The van der Waals surface area contributed by atoms with Crippen molar-refractivity contribution in [2.24, 2.45) is 0 Å². The molecule has 0 aliphatic heterocycles. The average molecular weight is 303 g/mol. The van der Waals surface area contributed by atoms with E-state index in [1.807, 2.05) is 57.2 Å². The number of anilines is 1. The van der Waals surface area contributed by atoms with Gasteiger partial charge in [-0.2, -0.15) is 0 Å². The maximum Gasteiger partial charge on any atom is 0.264 e. The lowest BCUT2D eigenvalue weighted by Gasteiger charge is -2.25. The highest BCUT2D eigenvalue weighted by atomic mass is 32.2. The average Bonchev–Trinajstić information content (AvgIpc) is 2.48. The first-order valence-electron chi connectivity index (χ1n) is 7.18. The molecule has 0 saturated carbocycles. The van der Waals surface area contributed by atoms with Crippen LogP contribution in [0.1, 0.15) is 25.0 Å². The van der Waals surface area contributed by atoms with E-state index in [1.54, 1.807) is 12.1 Å². The molecule has 112 valence electrons. The zero-order valence-corrected chi connectivity index (χ0v) is 13.5. The van der Waals surface area contributed by atoms with Crippen molar-refractivity contribution < 1.29 is 8.42 Å². The standard InChI is InChI=1S/C17H21NO2S/c1-4-15-8-6-7-9-17(15)18(5-2)21(19,20)16-12-10-14(3)11-13-16/h6-13H,4-5H2,1-3H3. The summed E-state index contributed by atoms with van der Waals surface area (Å²) in [7, 11) is -3.52. The molecule has 3 nitrogen and oxygen atoms in total. The summed E-state index contributed by atoms with van der Waals surface area (Å²) in [6.45, 7) is 6.25. The second-order valence-corrected chi connectivity index (χ2v) is 6.83. The molecule has 0 saturated heterocycles. The highest BCUT2D eigenvalue weighted by Crippen LogP contribution is 2.27. The van der Waals surface area contributed by atoms with Crippen LogP contribution in [0.4, 0.5) is 5.69 Å². The van der Waals surface area contributed by atoms with E-state index in [2.05, 4.69) is 0 Å². The van der Waals surface area contributed by atoms with Crippen LogP contribution < -0.4 is 4.31 Å². The molecule has 0 spiro atoms. The lowest BCUT2D eigenvalue weighted by atomic mass is 10.1. The minimum absolute atomic E-state index is 0.334. The fourth-order valence-corrected chi connectivity index (χ4v) is 3.87. The lowest BCUT2D eigenvalue weighted by molar-refractivity contribution is 0.591. The molecule has 21 heavy (non-hydrogen) atoms. The third kappa shape index (κ3) is 3.10. The summed E-state index contributed by atoms with van der Waals surface area (Å²) >= 11 is 0. The predicted molar refractivity (Wildman–Crippen MR) is 87.2 cm³/mol. The number of rotatable bonds is 5. The van der Waals surface area contributed by atoms with E-state index in [1.165, 1.54) is 4.31 Å². The van der Waals surface area contributed by atoms with Crippen LogP contribution in [0.2, 0.25) is 0 Å². The van der Waals surface area contributed by atoms with Gasteiger partial charge in [-0.1, -0.05) is 42.8 Å². The Labute approximate surface area is 127 Å². The molecule has 0 aliphatic rings. The van der Waals surface area contributed by atoms with Gasteiger partial charge in [0.15, 0.2) is 0 Å². The molecule has 0 bridgehead atoms. The number of hydrogen-bond donors (Lipinski definition) is 0. The second-order valence-electron chi connectivity index (χ2n) is 4.97. The molecule has 4 heteroatoms. The van der Waals surface area contributed by atoms with Crippen molar-refractivity contribution in [1.29, 1.82) is 0 Å². The normalized spacial score (nSPS) is 11.4. The minimum atomic E-state index is -3.52. The molecular formula is C17H21NO2S. The molecule has 0 fully saturated rings. The maximum absolute atomic E-state index is 12.9.